The van der Waals surface area contributed by atoms with Crippen molar-refractivity contribution in [2.75, 3.05) is 9.44 Å². The third-order valence-electron chi connectivity index (χ3n) is 10.5. The van der Waals surface area contributed by atoms with Crippen molar-refractivity contribution >= 4 is 102 Å². The van der Waals surface area contributed by atoms with Gasteiger partial charge in [-0.2, -0.15) is 0 Å². The Bertz CT molecular complexity index is 3900. The fourth-order valence-electron chi connectivity index (χ4n) is 7.20. The summed E-state index contributed by atoms with van der Waals surface area (Å²) in [6.45, 7) is 15.3. The molecule has 0 atom stereocenters. The average molecular weight is 1370 g/mol. The van der Waals surface area contributed by atoms with Crippen LogP contribution in [-0.4, -0.2) is 75.1 Å². The Balaban J connectivity index is 0.000000378. The van der Waals surface area contributed by atoms with E-state index in [4.69, 9.17) is 65.7 Å². The number of carbonyl (C=O) groups excluding carboxylic acids is 3. The van der Waals surface area contributed by atoms with E-state index in [2.05, 4.69) is 29.6 Å². The maximum atomic E-state index is 15.0. The van der Waals surface area contributed by atoms with Crippen molar-refractivity contribution in [2.24, 2.45) is 0 Å². The van der Waals surface area contributed by atoms with E-state index in [1.807, 2.05) is 0 Å². The zero-order valence-electron chi connectivity index (χ0n) is 47.3. The van der Waals surface area contributed by atoms with Crippen molar-refractivity contribution in [1.29, 1.82) is 0 Å². The number of hydrogen-bond donors (Lipinski definition) is 5. The summed E-state index contributed by atoms with van der Waals surface area (Å²) in [5, 5.41) is 12.8. The van der Waals surface area contributed by atoms with Crippen LogP contribution in [0.15, 0.2) is 107 Å². The minimum Gasteiger partial charge on any atom is -0.481 e. The Labute approximate surface area is 520 Å². The number of sulfonamides is 2. The van der Waals surface area contributed by atoms with Crippen LogP contribution in [-0.2, 0) is 47.2 Å². The molecular formula is C56H54Cl4F8N4O14S2. The van der Waals surface area contributed by atoms with E-state index in [9.17, 15) is 66.7 Å². The maximum Gasteiger partial charge on any atom is 0.573 e. The minimum atomic E-state index is -5.05. The van der Waals surface area contributed by atoms with Gasteiger partial charge in [0.15, 0.2) is 11.5 Å². The zero-order valence-corrected chi connectivity index (χ0v) is 51.9. The lowest BCUT2D eigenvalue weighted by atomic mass is 10.1. The van der Waals surface area contributed by atoms with Crippen LogP contribution in [0.2, 0.25) is 20.1 Å². The minimum absolute atomic E-state index is 0. The Morgan fingerprint density at radius 2 is 0.864 bits per heavy atom. The van der Waals surface area contributed by atoms with Crippen molar-refractivity contribution in [3.63, 3.8) is 0 Å². The van der Waals surface area contributed by atoms with E-state index in [0.717, 1.165) is 60.7 Å². The largest absolute Gasteiger partial charge is 0.573 e. The topological polar surface area (TPSA) is 251 Å². The summed E-state index contributed by atoms with van der Waals surface area (Å²) < 4.78 is 187. The molecular weight excluding hydrogens is 1310 g/mol. The SMILES string of the molecule is CC(C)(C)NC(=O)c1ccc(Oc2cc(F)c(CC(=O)O)cc2Cl)c(NS(=O)(=O)c2ccc(OC(F)(F)F)cc2Cl)c1.CC(C)(C)NC(=O)c1ccc(Oc2cc(F)c(CC(=O)OC(C)(C)C)cc2Cl)c(NS(=O)(=O)c2ccc(OC(F)(F)F)cc2Cl)c1.[2HH]. The highest BCUT2D eigenvalue weighted by Crippen LogP contribution is 2.41. The van der Waals surface area contributed by atoms with E-state index in [1.165, 1.54) is 24.3 Å². The summed E-state index contributed by atoms with van der Waals surface area (Å²) in [5.74, 6) is -7.65. The first-order chi connectivity index (χ1) is 40.2. The summed E-state index contributed by atoms with van der Waals surface area (Å²) in [5.41, 5.74) is -3.17. The third kappa shape index (κ3) is 21.7. The Hall–Kier alpha value is -7.50. The lowest BCUT2D eigenvalue weighted by molar-refractivity contribution is -0.275. The molecule has 478 valence electrons. The number of aliphatic carboxylic acids is 1. The molecule has 2 amide bonds. The molecule has 0 aromatic heterocycles. The van der Waals surface area contributed by atoms with Gasteiger partial charge in [0.25, 0.3) is 31.9 Å². The molecule has 0 heterocycles. The van der Waals surface area contributed by atoms with Crippen LogP contribution in [0.4, 0.5) is 46.5 Å². The second kappa shape index (κ2) is 27.5. The number of rotatable bonds is 18. The van der Waals surface area contributed by atoms with E-state index in [1.54, 1.807) is 62.3 Å². The number of carboxylic acids is 1. The molecule has 0 aliphatic rings. The van der Waals surface area contributed by atoms with Gasteiger partial charge >= 0.3 is 24.7 Å². The average Bonchev–Trinajstić information content (AvgIpc) is 3.44. The molecule has 0 aliphatic heterocycles. The van der Waals surface area contributed by atoms with Gasteiger partial charge in [-0.25, -0.2) is 25.6 Å². The van der Waals surface area contributed by atoms with Crippen molar-refractivity contribution in [1.82, 2.24) is 10.6 Å². The first-order valence-electron chi connectivity index (χ1n) is 25.0. The highest BCUT2D eigenvalue weighted by Gasteiger charge is 2.34. The van der Waals surface area contributed by atoms with Crippen molar-refractivity contribution < 1.29 is 101 Å². The molecule has 6 aromatic carbocycles. The summed E-state index contributed by atoms with van der Waals surface area (Å²) in [7, 11) is -9.28. The van der Waals surface area contributed by atoms with Crippen LogP contribution >= 0.6 is 46.4 Å². The maximum absolute atomic E-state index is 15.0. The molecule has 18 nitrogen and oxygen atoms in total. The zero-order chi connectivity index (χ0) is 66.4. The number of benzene rings is 6. The number of anilines is 2. The number of amides is 2. The molecule has 0 radical (unpaired) electrons. The quantitative estimate of drug-likeness (QED) is 0.0397. The van der Waals surface area contributed by atoms with Crippen LogP contribution in [0.25, 0.3) is 0 Å². The molecule has 0 spiro atoms. The fourth-order valence-corrected chi connectivity index (χ4v) is 10.8. The fraction of sp³-hybridized carbons (Fsp3) is 0.286. The summed E-state index contributed by atoms with van der Waals surface area (Å²) in [6.07, 6.45) is -11.2. The number of nitrogens with one attached hydrogen (secondary N) is 4. The molecule has 0 unspecified atom stereocenters. The molecule has 5 N–H and O–H groups in total. The van der Waals surface area contributed by atoms with E-state index < -0.39 is 129 Å². The second-order valence-corrected chi connectivity index (χ2v) is 26.5. The van der Waals surface area contributed by atoms with Gasteiger partial charge in [0.1, 0.15) is 50.0 Å². The van der Waals surface area contributed by atoms with E-state index >= 15 is 4.39 Å². The molecule has 0 saturated heterocycles. The van der Waals surface area contributed by atoms with E-state index in [-0.39, 0.29) is 68.1 Å². The molecule has 88 heavy (non-hydrogen) atoms. The number of carbonyl (C=O) groups is 4. The van der Waals surface area contributed by atoms with Gasteiger partial charge < -0.3 is 39.4 Å². The summed E-state index contributed by atoms with van der Waals surface area (Å²) in [6, 6.07) is 15.5. The van der Waals surface area contributed by atoms with E-state index in [0.29, 0.717) is 12.1 Å². The van der Waals surface area contributed by atoms with Gasteiger partial charge in [0.2, 0.25) is 0 Å². The van der Waals surface area contributed by atoms with Crippen LogP contribution in [0, 0.1) is 11.6 Å². The van der Waals surface area contributed by atoms with Gasteiger partial charge in [0.05, 0.1) is 44.3 Å². The second-order valence-electron chi connectivity index (χ2n) is 21.6. The number of esters is 1. The van der Waals surface area contributed by atoms with Gasteiger partial charge in [-0.1, -0.05) is 46.4 Å². The molecule has 0 saturated carbocycles. The standard InChI is InChI=1S/C30H30Cl2F4N2O7S.C26H22Cl2F4N2O7S.H2/c1-28(2,3)37-27(40)16-7-9-23(43-24-15-21(33)17(11-19(24)31)13-26(39)45-29(4,5)6)22(12-16)38-46(41,42)25-10-8-18(14-20(25)32)44-30(34,35)36;1-25(2,3)33-24(37)13-4-6-20(40-21-12-18(29)14(8-16(21)27)10-23(35)36)19(9-13)34-42(38,39)22-7-5-15(11-17(22)28)41-26(30,31)32;/h7-12,14-15,38H,13H2,1-6H3,(H,37,40);4-9,11-12,34H,10H2,1-3H3,(H,33,37)(H,35,36);1H/i;;1+1. The third-order valence-corrected chi connectivity index (χ3v) is 14.8. The Kier molecular flexibility index (Phi) is 22.3. The summed E-state index contributed by atoms with van der Waals surface area (Å²) >= 11 is 24.4. The first kappa shape index (κ1) is 71.3. The molecule has 0 fully saturated rings. The number of hydrogen-bond acceptors (Lipinski definition) is 13. The number of halogens is 12. The van der Waals surface area contributed by atoms with Crippen LogP contribution in [0.5, 0.6) is 34.5 Å². The van der Waals surface area contributed by atoms with Crippen molar-refractivity contribution in [3.05, 3.63) is 151 Å². The number of carboxylic acid groups (broad SMARTS) is 1. The number of alkyl halides is 6. The first-order valence-corrected chi connectivity index (χ1v) is 29.5. The monoisotopic (exact) mass is 1360 g/mol. The lowest BCUT2D eigenvalue weighted by Crippen LogP contribution is -2.40. The van der Waals surface area contributed by atoms with Gasteiger partial charge in [-0.3, -0.25) is 28.6 Å². The van der Waals surface area contributed by atoms with Crippen molar-refractivity contribution in [2.45, 2.75) is 114 Å². The Morgan fingerprint density at radius 1 is 0.500 bits per heavy atom. The highest BCUT2D eigenvalue weighted by atomic mass is 35.5. The number of ether oxygens (including phenoxy) is 5. The van der Waals surface area contributed by atoms with Crippen LogP contribution in [0.1, 0.15) is 95.6 Å². The van der Waals surface area contributed by atoms with Gasteiger partial charge in [-0.15, -0.1) is 26.3 Å². The van der Waals surface area contributed by atoms with Crippen molar-refractivity contribution in [3.8, 4) is 34.5 Å². The van der Waals surface area contributed by atoms with Crippen LogP contribution in [0.3, 0.4) is 0 Å². The summed E-state index contributed by atoms with van der Waals surface area (Å²) in [4.78, 5) is 47.6. The lowest BCUT2D eigenvalue weighted by Gasteiger charge is -2.21. The molecule has 0 bridgehead atoms. The normalized spacial score (nSPS) is 12.2. The van der Waals surface area contributed by atoms with Gasteiger partial charge in [-0.05, 0) is 135 Å². The smallest absolute Gasteiger partial charge is 0.481 e. The Morgan fingerprint density at radius 3 is 1.18 bits per heavy atom. The molecule has 6 rings (SSSR count). The predicted molar refractivity (Wildman–Crippen MR) is 311 cm³/mol. The highest BCUT2D eigenvalue weighted by molar-refractivity contribution is 7.93. The van der Waals surface area contributed by atoms with Gasteiger partial charge in [0, 0.05) is 59.0 Å². The molecule has 6 aromatic rings. The molecule has 0 aliphatic carbocycles. The predicted octanol–water partition coefficient (Wildman–Crippen LogP) is 15.1. The van der Waals surface area contributed by atoms with Crippen LogP contribution < -0.4 is 39.0 Å². The molecule has 32 heteroatoms.